The van der Waals surface area contributed by atoms with Crippen LogP contribution in [0.3, 0.4) is 0 Å². The predicted octanol–water partition coefficient (Wildman–Crippen LogP) is 0.786. The lowest BCUT2D eigenvalue weighted by molar-refractivity contribution is -0.123. The van der Waals surface area contributed by atoms with Gasteiger partial charge in [-0.15, -0.1) is 0 Å². The molecular formula is C5H7ClFNO. The zero-order chi connectivity index (χ0) is 7.28. The summed E-state index contributed by atoms with van der Waals surface area (Å²) in [6.45, 7) is 1.42. The third kappa shape index (κ3) is 0.713. The number of hydrogen-bond acceptors (Lipinski definition) is 1. The van der Waals surface area contributed by atoms with Gasteiger partial charge in [0.1, 0.15) is 0 Å². The monoisotopic (exact) mass is 151 g/mol. The smallest absolute Gasteiger partial charge is 0.228 e. The topological polar surface area (TPSA) is 43.1 Å². The highest BCUT2D eigenvalue weighted by Gasteiger charge is 2.69. The standard InChI is InChI=1S/C5H7ClFNO/c1-4(3(8)9)2-5(4,6)7/h2H2,1H3,(H2,8,9). The molecule has 1 fully saturated rings. The Morgan fingerprint density at radius 1 is 1.89 bits per heavy atom. The van der Waals surface area contributed by atoms with Gasteiger partial charge in [0.2, 0.25) is 5.91 Å². The van der Waals surface area contributed by atoms with E-state index in [1.807, 2.05) is 0 Å². The molecular weight excluding hydrogens is 145 g/mol. The van der Waals surface area contributed by atoms with Crippen LogP contribution in [0.1, 0.15) is 13.3 Å². The minimum absolute atomic E-state index is 0.0386. The predicted molar refractivity (Wildman–Crippen MR) is 31.6 cm³/mol. The van der Waals surface area contributed by atoms with Gasteiger partial charge in [-0.1, -0.05) is 11.6 Å². The number of hydrogen-bond donors (Lipinski definition) is 1. The van der Waals surface area contributed by atoms with Crippen LogP contribution in [0, 0.1) is 5.41 Å². The number of halogens is 2. The van der Waals surface area contributed by atoms with Crippen LogP contribution in [-0.4, -0.2) is 11.0 Å². The minimum atomic E-state index is -1.88. The van der Waals surface area contributed by atoms with E-state index < -0.39 is 16.5 Å². The second-order valence-electron chi connectivity index (χ2n) is 2.58. The molecule has 1 aliphatic carbocycles. The summed E-state index contributed by atoms with van der Waals surface area (Å²) >= 11 is 5.18. The molecule has 0 bridgehead atoms. The molecule has 9 heavy (non-hydrogen) atoms. The van der Waals surface area contributed by atoms with E-state index >= 15 is 0 Å². The Morgan fingerprint density at radius 3 is 2.22 bits per heavy atom. The van der Waals surface area contributed by atoms with Crippen LogP contribution in [0.15, 0.2) is 0 Å². The van der Waals surface area contributed by atoms with Gasteiger partial charge in [0.05, 0.1) is 5.41 Å². The summed E-state index contributed by atoms with van der Waals surface area (Å²) in [6, 6.07) is 0. The molecule has 1 amide bonds. The molecule has 1 aliphatic rings. The highest BCUT2D eigenvalue weighted by molar-refractivity contribution is 6.28. The van der Waals surface area contributed by atoms with Gasteiger partial charge in [0, 0.05) is 6.42 Å². The maximum atomic E-state index is 12.6. The average molecular weight is 152 g/mol. The molecule has 0 aliphatic heterocycles. The quantitative estimate of drug-likeness (QED) is 0.553. The molecule has 4 heteroatoms. The van der Waals surface area contributed by atoms with E-state index in [1.165, 1.54) is 6.92 Å². The van der Waals surface area contributed by atoms with Crippen molar-refractivity contribution in [3.8, 4) is 0 Å². The Hall–Kier alpha value is -0.310. The number of carbonyl (C=O) groups excluding carboxylic acids is 1. The van der Waals surface area contributed by atoms with Crippen molar-refractivity contribution in [3.63, 3.8) is 0 Å². The SMILES string of the molecule is CC1(C(N)=O)CC1(F)Cl. The number of rotatable bonds is 1. The van der Waals surface area contributed by atoms with Crippen molar-refractivity contribution in [2.75, 3.05) is 0 Å². The van der Waals surface area contributed by atoms with Crippen molar-refractivity contribution in [2.45, 2.75) is 18.5 Å². The molecule has 1 saturated carbocycles. The largest absolute Gasteiger partial charge is 0.369 e. The second-order valence-corrected chi connectivity index (χ2v) is 3.18. The summed E-state index contributed by atoms with van der Waals surface area (Å²) in [6.07, 6.45) is 0.0386. The van der Waals surface area contributed by atoms with Crippen LogP contribution in [0.5, 0.6) is 0 Å². The molecule has 0 heterocycles. The van der Waals surface area contributed by atoms with E-state index in [-0.39, 0.29) is 6.42 Å². The summed E-state index contributed by atoms with van der Waals surface area (Å²) in [4.78, 5) is 10.4. The highest BCUT2D eigenvalue weighted by atomic mass is 35.5. The zero-order valence-electron chi connectivity index (χ0n) is 4.95. The Bertz CT molecular complexity index is 170. The number of amides is 1. The third-order valence-electron chi connectivity index (χ3n) is 1.80. The lowest BCUT2D eigenvalue weighted by Gasteiger charge is -2.02. The molecule has 2 nitrogen and oxygen atoms in total. The first-order chi connectivity index (χ1) is 3.90. The second kappa shape index (κ2) is 1.40. The lowest BCUT2D eigenvalue weighted by Crippen LogP contribution is -2.26. The van der Waals surface area contributed by atoms with Crippen LogP contribution < -0.4 is 5.73 Å². The van der Waals surface area contributed by atoms with Crippen LogP contribution in [-0.2, 0) is 4.79 Å². The van der Waals surface area contributed by atoms with E-state index in [1.54, 1.807) is 0 Å². The fourth-order valence-corrected chi connectivity index (χ4v) is 1.03. The minimum Gasteiger partial charge on any atom is -0.369 e. The van der Waals surface area contributed by atoms with Crippen molar-refractivity contribution in [2.24, 2.45) is 11.1 Å². The first-order valence-corrected chi connectivity index (χ1v) is 2.96. The van der Waals surface area contributed by atoms with Crippen LogP contribution in [0.4, 0.5) is 4.39 Å². The van der Waals surface area contributed by atoms with Gasteiger partial charge in [0.25, 0.3) is 0 Å². The van der Waals surface area contributed by atoms with Crippen molar-refractivity contribution in [1.29, 1.82) is 0 Å². The summed E-state index contributed by atoms with van der Waals surface area (Å²) < 4.78 is 12.6. The molecule has 0 aromatic heterocycles. The summed E-state index contributed by atoms with van der Waals surface area (Å²) in [5, 5.41) is -1.88. The van der Waals surface area contributed by atoms with Gasteiger partial charge in [0.15, 0.2) is 5.13 Å². The van der Waals surface area contributed by atoms with Gasteiger partial charge >= 0.3 is 0 Å². The van der Waals surface area contributed by atoms with Crippen LogP contribution >= 0.6 is 11.6 Å². The van der Waals surface area contributed by atoms with E-state index in [0.29, 0.717) is 0 Å². The van der Waals surface area contributed by atoms with Gasteiger partial charge in [-0.25, -0.2) is 4.39 Å². The van der Waals surface area contributed by atoms with E-state index in [0.717, 1.165) is 0 Å². The van der Waals surface area contributed by atoms with Crippen LogP contribution in [0.25, 0.3) is 0 Å². The molecule has 1 rings (SSSR count). The number of nitrogens with two attached hydrogens (primary N) is 1. The summed E-state index contributed by atoms with van der Waals surface area (Å²) in [5.74, 6) is -0.667. The maximum absolute atomic E-state index is 12.6. The van der Waals surface area contributed by atoms with Crippen molar-refractivity contribution >= 4 is 17.5 Å². The van der Waals surface area contributed by atoms with Crippen molar-refractivity contribution < 1.29 is 9.18 Å². The normalized spacial score (nSPS) is 48.8. The van der Waals surface area contributed by atoms with E-state index in [2.05, 4.69) is 0 Å². The number of carbonyl (C=O) groups is 1. The van der Waals surface area contributed by atoms with Gasteiger partial charge in [-0.2, -0.15) is 0 Å². The number of alkyl halides is 2. The van der Waals surface area contributed by atoms with Gasteiger partial charge < -0.3 is 5.73 Å². The molecule has 2 N–H and O–H groups in total. The Kier molecular flexibility index (Phi) is 1.06. The molecule has 2 unspecified atom stereocenters. The van der Waals surface area contributed by atoms with E-state index in [9.17, 15) is 9.18 Å². The fraction of sp³-hybridized carbons (Fsp3) is 0.800. The van der Waals surface area contributed by atoms with Gasteiger partial charge in [-0.05, 0) is 6.92 Å². The third-order valence-corrected chi connectivity index (χ3v) is 2.35. The fourth-order valence-electron chi connectivity index (χ4n) is 0.667. The average Bonchev–Trinajstić information content (AvgIpc) is 2.08. The molecule has 0 saturated heterocycles. The Balaban J connectivity index is 2.74. The van der Waals surface area contributed by atoms with Crippen molar-refractivity contribution in [3.05, 3.63) is 0 Å². The summed E-state index contributed by atoms with van der Waals surface area (Å²) in [5.41, 5.74) is 3.73. The first kappa shape index (κ1) is 6.81. The molecule has 0 radical (unpaired) electrons. The molecule has 0 aromatic rings. The molecule has 2 atom stereocenters. The first-order valence-electron chi connectivity index (χ1n) is 2.58. The molecule has 52 valence electrons. The molecule has 0 spiro atoms. The van der Waals surface area contributed by atoms with Crippen LogP contribution in [0.2, 0.25) is 0 Å². The Labute approximate surface area is 57.2 Å². The maximum Gasteiger partial charge on any atom is 0.228 e. The summed E-state index contributed by atoms with van der Waals surface area (Å²) in [7, 11) is 0. The van der Waals surface area contributed by atoms with Gasteiger partial charge in [-0.3, -0.25) is 4.79 Å². The van der Waals surface area contributed by atoms with E-state index in [4.69, 9.17) is 17.3 Å². The van der Waals surface area contributed by atoms with Crippen molar-refractivity contribution in [1.82, 2.24) is 0 Å². The zero-order valence-corrected chi connectivity index (χ0v) is 5.70. The lowest BCUT2D eigenvalue weighted by atomic mass is 10.1. The Morgan fingerprint density at radius 2 is 2.22 bits per heavy atom. The highest BCUT2D eigenvalue weighted by Crippen LogP contribution is 2.61. The number of primary amides is 1. The molecule has 0 aromatic carbocycles.